The molecule has 5 aromatic rings. The van der Waals surface area contributed by atoms with E-state index in [4.69, 9.17) is 0 Å². The lowest BCUT2D eigenvalue weighted by Crippen LogP contribution is -2.12. The molecule has 0 saturated carbocycles. The van der Waals surface area contributed by atoms with Crippen LogP contribution in [0.2, 0.25) is 0 Å². The molecule has 0 aliphatic carbocycles. The van der Waals surface area contributed by atoms with Crippen molar-refractivity contribution in [1.82, 2.24) is 4.57 Å². The zero-order chi connectivity index (χ0) is 18.4. The van der Waals surface area contributed by atoms with Crippen LogP contribution in [0.15, 0.2) is 77.6 Å². The second-order valence-corrected chi connectivity index (χ2v) is 7.23. The highest BCUT2D eigenvalue weighted by molar-refractivity contribution is 6.11. The summed E-state index contributed by atoms with van der Waals surface area (Å²) in [6, 6.07) is 25.0. The first kappa shape index (κ1) is 16.1. The van der Waals surface area contributed by atoms with Crippen LogP contribution in [0.1, 0.15) is 19.8 Å². The number of rotatable bonds is 3. The van der Waals surface area contributed by atoms with Gasteiger partial charge < -0.3 is 4.57 Å². The Morgan fingerprint density at radius 2 is 1.44 bits per heavy atom. The summed E-state index contributed by atoms with van der Waals surface area (Å²) in [5.74, 6) is 0. The highest BCUT2D eigenvalue weighted by Crippen LogP contribution is 2.29. The van der Waals surface area contributed by atoms with E-state index in [2.05, 4.69) is 66.1 Å². The lowest BCUT2D eigenvalue weighted by Gasteiger charge is -2.17. The number of nitrogens with zero attached hydrogens (tertiary/aromatic N) is 1. The summed E-state index contributed by atoms with van der Waals surface area (Å²) < 4.78 is 2.34. The minimum absolute atomic E-state index is 0.135. The maximum absolute atomic E-state index is 13.6. The lowest BCUT2D eigenvalue weighted by atomic mass is 10.00. The highest BCUT2D eigenvalue weighted by Gasteiger charge is 2.14. The summed E-state index contributed by atoms with van der Waals surface area (Å²) in [6.45, 7) is 3.12. The van der Waals surface area contributed by atoms with Crippen LogP contribution < -0.4 is 5.43 Å². The molecule has 0 spiro atoms. The number of aryl methyl sites for hydroxylation is 1. The molecule has 0 aliphatic heterocycles. The summed E-state index contributed by atoms with van der Waals surface area (Å²) in [4.78, 5) is 13.6. The van der Waals surface area contributed by atoms with Crippen molar-refractivity contribution in [1.29, 1.82) is 0 Å². The van der Waals surface area contributed by atoms with Gasteiger partial charge in [-0.25, -0.2) is 0 Å². The SMILES string of the molecule is CCCCn1c2cc3ccccc3cc2c(=O)c2c3ccccc3ccc21. The molecule has 0 bridgehead atoms. The highest BCUT2D eigenvalue weighted by atomic mass is 16.1. The summed E-state index contributed by atoms with van der Waals surface area (Å²) in [5, 5.41) is 6.10. The van der Waals surface area contributed by atoms with Crippen LogP contribution in [0.5, 0.6) is 0 Å². The minimum Gasteiger partial charge on any atom is -0.340 e. The first-order chi connectivity index (χ1) is 13.3. The van der Waals surface area contributed by atoms with Crippen molar-refractivity contribution >= 4 is 43.4 Å². The molecule has 0 fully saturated rings. The van der Waals surface area contributed by atoms with Gasteiger partial charge in [0.05, 0.1) is 16.4 Å². The second kappa shape index (κ2) is 6.24. The van der Waals surface area contributed by atoms with Crippen molar-refractivity contribution in [2.45, 2.75) is 26.3 Å². The number of hydrogen-bond donors (Lipinski definition) is 0. The van der Waals surface area contributed by atoms with E-state index in [1.165, 1.54) is 5.39 Å². The van der Waals surface area contributed by atoms with Crippen molar-refractivity contribution in [2.24, 2.45) is 0 Å². The van der Waals surface area contributed by atoms with Gasteiger partial charge in [0.25, 0.3) is 0 Å². The maximum atomic E-state index is 13.6. The summed E-state index contributed by atoms with van der Waals surface area (Å²) in [7, 11) is 0. The molecule has 0 atom stereocenters. The van der Waals surface area contributed by atoms with Crippen LogP contribution in [0, 0.1) is 0 Å². The van der Waals surface area contributed by atoms with Gasteiger partial charge in [0.15, 0.2) is 5.43 Å². The molecule has 2 heteroatoms. The van der Waals surface area contributed by atoms with Gasteiger partial charge in [-0.3, -0.25) is 4.79 Å². The van der Waals surface area contributed by atoms with Gasteiger partial charge in [-0.15, -0.1) is 0 Å². The second-order valence-electron chi connectivity index (χ2n) is 7.23. The molecule has 1 aromatic heterocycles. The predicted octanol–water partition coefficient (Wildman–Crippen LogP) is 6.26. The molecule has 0 radical (unpaired) electrons. The zero-order valence-electron chi connectivity index (χ0n) is 15.4. The first-order valence-electron chi connectivity index (χ1n) is 9.64. The van der Waals surface area contributed by atoms with Gasteiger partial charge in [-0.2, -0.15) is 0 Å². The Balaban J connectivity index is 2.03. The van der Waals surface area contributed by atoms with Crippen LogP contribution in [-0.2, 0) is 6.54 Å². The number of benzene rings is 4. The van der Waals surface area contributed by atoms with Gasteiger partial charge >= 0.3 is 0 Å². The van der Waals surface area contributed by atoms with Gasteiger partial charge in [0.1, 0.15) is 0 Å². The Morgan fingerprint density at radius 1 is 0.741 bits per heavy atom. The molecule has 5 rings (SSSR count). The van der Waals surface area contributed by atoms with Crippen molar-refractivity contribution < 1.29 is 0 Å². The molecule has 4 aromatic carbocycles. The van der Waals surface area contributed by atoms with Crippen LogP contribution in [0.3, 0.4) is 0 Å². The first-order valence-corrected chi connectivity index (χ1v) is 9.64. The van der Waals surface area contributed by atoms with E-state index in [-0.39, 0.29) is 5.43 Å². The fraction of sp³-hybridized carbons (Fsp3) is 0.160. The Morgan fingerprint density at radius 3 is 2.22 bits per heavy atom. The van der Waals surface area contributed by atoms with E-state index in [0.29, 0.717) is 0 Å². The normalized spacial score (nSPS) is 11.7. The van der Waals surface area contributed by atoms with Crippen LogP contribution in [0.25, 0.3) is 43.4 Å². The summed E-state index contributed by atoms with van der Waals surface area (Å²) in [5.41, 5.74) is 2.21. The molecule has 0 amide bonds. The van der Waals surface area contributed by atoms with Crippen molar-refractivity contribution in [3.05, 3.63) is 83.0 Å². The maximum Gasteiger partial charge on any atom is 0.197 e. The monoisotopic (exact) mass is 351 g/mol. The van der Waals surface area contributed by atoms with Gasteiger partial charge in [-0.05, 0) is 46.2 Å². The zero-order valence-corrected chi connectivity index (χ0v) is 15.4. The van der Waals surface area contributed by atoms with Gasteiger partial charge in [-0.1, -0.05) is 67.9 Å². The molecular weight excluding hydrogens is 330 g/mol. The van der Waals surface area contributed by atoms with E-state index in [9.17, 15) is 4.79 Å². The summed E-state index contributed by atoms with van der Waals surface area (Å²) >= 11 is 0. The van der Waals surface area contributed by atoms with E-state index in [1.54, 1.807) is 0 Å². The quantitative estimate of drug-likeness (QED) is 0.278. The number of fused-ring (bicyclic) bond motifs is 5. The van der Waals surface area contributed by atoms with E-state index in [0.717, 1.165) is 57.4 Å². The van der Waals surface area contributed by atoms with Crippen molar-refractivity contribution in [3.8, 4) is 0 Å². The van der Waals surface area contributed by atoms with E-state index < -0.39 is 0 Å². The van der Waals surface area contributed by atoms with E-state index in [1.807, 2.05) is 18.2 Å². The third-order valence-electron chi connectivity index (χ3n) is 5.56. The van der Waals surface area contributed by atoms with Gasteiger partial charge in [0.2, 0.25) is 0 Å². The molecule has 0 N–H and O–H groups in total. The smallest absolute Gasteiger partial charge is 0.197 e. The molecule has 132 valence electrons. The third kappa shape index (κ3) is 2.44. The Bertz CT molecular complexity index is 1370. The molecule has 0 saturated heterocycles. The summed E-state index contributed by atoms with van der Waals surface area (Å²) in [6.07, 6.45) is 2.21. The Hall–Kier alpha value is -3.13. The Labute approximate surface area is 157 Å². The van der Waals surface area contributed by atoms with Crippen LogP contribution >= 0.6 is 0 Å². The predicted molar refractivity (Wildman–Crippen MR) is 116 cm³/mol. The van der Waals surface area contributed by atoms with Crippen LogP contribution in [-0.4, -0.2) is 4.57 Å². The number of pyridine rings is 1. The van der Waals surface area contributed by atoms with Crippen molar-refractivity contribution in [2.75, 3.05) is 0 Å². The van der Waals surface area contributed by atoms with E-state index >= 15 is 0 Å². The standard InChI is InChI=1S/C25H21NO/c1-2-3-14-26-22-13-12-17-8-6-7-11-20(17)24(22)25(27)21-15-18-9-4-5-10-19(18)16-23(21)26/h4-13,15-16H,2-3,14H2,1H3. The number of hydrogen-bond acceptors (Lipinski definition) is 1. The minimum atomic E-state index is 0.135. The average molecular weight is 351 g/mol. The molecular formula is C25H21NO. The fourth-order valence-electron chi connectivity index (χ4n) is 4.18. The molecule has 2 nitrogen and oxygen atoms in total. The molecule has 1 heterocycles. The molecule has 0 aliphatic rings. The van der Waals surface area contributed by atoms with Crippen LogP contribution in [0.4, 0.5) is 0 Å². The lowest BCUT2D eigenvalue weighted by molar-refractivity contribution is 0.663. The number of unbranched alkanes of at least 4 members (excludes halogenated alkanes) is 1. The molecule has 27 heavy (non-hydrogen) atoms. The molecule has 0 unspecified atom stereocenters. The topological polar surface area (TPSA) is 22.0 Å². The van der Waals surface area contributed by atoms with Crippen molar-refractivity contribution in [3.63, 3.8) is 0 Å². The Kier molecular flexibility index (Phi) is 3.71. The largest absolute Gasteiger partial charge is 0.340 e. The average Bonchev–Trinajstić information content (AvgIpc) is 2.72. The fourth-order valence-corrected chi connectivity index (χ4v) is 4.18. The van der Waals surface area contributed by atoms with Gasteiger partial charge in [0, 0.05) is 11.9 Å². The third-order valence-corrected chi connectivity index (χ3v) is 5.56. The number of aromatic nitrogens is 1.